The smallest absolute Gasteiger partial charge is 0.387 e. The van der Waals surface area contributed by atoms with Gasteiger partial charge in [-0.1, -0.05) is 24.6 Å². The minimum atomic E-state index is -3.50. The average Bonchev–Trinajstić information content (AvgIpc) is 2.72. The topological polar surface area (TPSA) is 75.7 Å². The van der Waals surface area contributed by atoms with Crippen molar-refractivity contribution in [1.29, 1.82) is 0 Å². The van der Waals surface area contributed by atoms with Crippen molar-refractivity contribution in [3.05, 3.63) is 59.7 Å². The predicted molar refractivity (Wildman–Crippen MR) is 103 cm³/mol. The first-order valence-corrected chi connectivity index (χ1v) is 10.7. The Bertz CT molecular complexity index is 943. The minimum Gasteiger partial charge on any atom is -0.435 e. The fourth-order valence-corrected chi connectivity index (χ4v) is 4.65. The molecule has 0 aliphatic carbocycles. The molecule has 29 heavy (non-hydrogen) atoms. The lowest BCUT2D eigenvalue weighted by molar-refractivity contribution is -0.0498. The Morgan fingerprint density at radius 3 is 2.41 bits per heavy atom. The van der Waals surface area contributed by atoms with Crippen molar-refractivity contribution in [1.82, 2.24) is 9.62 Å². The van der Waals surface area contributed by atoms with Gasteiger partial charge >= 0.3 is 6.61 Å². The molecule has 6 nitrogen and oxygen atoms in total. The summed E-state index contributed by atoms with van der Waals surface area (Å²) in [5.41, 5.74) is 0.906. The molecule has 0 saturated carbocycles. The molecular formula is C20H22F2N2O4S. The highest BCUT2D eigenvalue weighted by molar-refractivity contribution is 7.89. The maximum Gasteiger partial charge on any atom is 0.387 e. The number of alkyl halides is 2. The van der Waals surface area contributed by atoms with E-state index in [1.807, 2.05) is 0 Å². The van der Waals surface area contributed by atoms with Crippen LogP contribution in [-0.4, -0.2) is 38.3 Å². The zero-order valence-electron chi connectivity index (χ0n) is 15.7. The number of ether oxygens (including phenoxy) is 1. The largest absolute Gasteiger partial charge is 0.435 e. The second-order valence-electron chi connectivity index (χ2n) is 6.70. The summed E-state index contributed by atoms with van der Waals surface area (Å²) in [4.78, 5) is 12.5. The van der Waals surface area contributed by atoms with Crippen LogP contribution in [0.5, 0.6) is 5.75 Å². The van der Waals surface area contributed by atoms with Crippen LogP contribution in [0.2, 0.25) is 0 Å². The summed E-state index contributed by atoms with van der Waals surface area (Å²) < 4.78 is 55.7. The van der Waals surface area contributed by atoms with Gasteiger partial charge in [0.05, 0.1) is 4.90 Å². The van der Waals surface area contributed by atoms with Gasteiger partial charge in [0.2, 0.25) is 10.0 Å². The monoisotopic (exact) mass is 424 g/mol. The van der Waals surface area contributed by atoms with Gasteiger partial charge in [0, 0.05) is 25.2 Å². The molecule has 1 N–H and O–H groups in total. The summed E-state index contributed by atoms with van der Waals surface area (Å²) in [6, 6.07) is 11.9. The number of sulfonamides is 1. The molecule has 156 valence electrons. The lowest BCUT2D eigenvalue weighted by Crippen LogP contribution is -2.35. The van der Waals surface area contributed by atoms with Crippen LogP contribution in [0.4, 0.5) is 8.78 Å². The first kappa shape index (κ1) is 21.2. The molecule has 0 bridgehead atoms. The Labute approximate surface area is 168 Å². The molecule has 0 aromatic heterocycles. The summed E-state index contributed by atoms with van der Waals surface area (Å²) in [5.74, 6) is -0.547. The van der Waals surface area contributed by atoms with E-state index in [1.54, 1.807) is 12.1 Å². The van der Waals surface area contributed by atoms with Crippen LogP contribution in [-0.2, 0) is 16.6 Å². The number of hydrogen-bond donors (Lipinski definition) is 1. The number of benzene rings is 2. The van der Waals surface area contributed by atoms with Crippen molar-refractivity contribution in [2.45, 2.75) is 37.3 Å². The molecule has 0 spiro atoms. The number of amides is 1. The third kappa shape index (κ3) is 5.51. The van der Waals surface area contributed by atoms with Crippen molar-refractivity contribution in [3.63, 3.8) is 0 Å². The highest BCUT2D eigenvalue weighted by Gasteiger charge is 2.25. The Kier molecular flexibility index (Phi) is 6.81. The van der Waals surface area contributed by atoms with Crippen molar-refractivity contribution in [2.75, 3.05) is 13.1 Å². The number of piperidine rings is 1. The van der Waals surface area contributed by atoms with E-state index in [4.69, 9.17) is 0 Å². The van der Waals surface area contributed by atoms with Crippen molar-refractivity contribution in [2.24, 2.45) is 0 Å². The molecule has 0 atom stereocenters. The van der Waals surface area contributed by atoms with E-state index in [0.717, 1.165) is 24.8 Å². The van der Waals surface area contributed by atoms with Gasteiger partial charge in [-0.2, -0.15) is 13.1 Å². The van der Waals surface area contributed by atoms with Crippen molar-refractivity contribution >= 4 is 15.9 Å². The first-order valence-electron chi connectivity index (χ1n) is 9.28. The van der Waals surface area contributed by atoms with E-state index in [1.165, 1.54) is 40.7 Å². The third-order valence-corrected chi connectivity index (χ3v) is 6.56. The Morgan fingerprint density at radius 1 is 1.07 bits per heavy atom. The quantitative estimate of drug-likeness (QED) is 0.739. The zero-order chi connectivity index (χ0) is 20.9. The van der Waals surface area contributed by atoms with Crippen LogP contribution < -0.4 is 10.1 Å². The fraction of sp³-hybridized carbons (Fsp3) is 0.350. The van der Waals surface area contributed by atoms with Crippen LogP contribution in [0.3, 0.4) is 0 Å². The van der Waals surface area contributed by atoms with Gasteiger partial charge in [0.15, 0.2) is 0 Å². The van der Waals surface area contributed by atoms with Crippen LogP contribution >= 0.6 is 0 Å². The molecule has 1 fully saturated rings. The first-order chi connectivity index (χ1) is 13.9. The molecule has 1 saturated heterocycles. The molecule has 2 aromatic rings. The molecule has 0 unspecified atom stereocenters. The molecule has 1 aliphatic rings. The Balaban J connectivity index is 1.61. The summed E-state index contributed by atoms with van der Waals surface area (Å²) in [7, 11) is -3.50. The van der Waals surface area contributed by atoms with Gasteiger partial charge in [0.25, 0.3) is 5.91 Å². The number of nitrogens with one attached hydrogen (secondary N) is 1. The Morgan fingerprint density at radius 2 is 1.76 bits per heavy atom. The second kappa shape index (κ2) is 9.32. The number of halogens is 2. The molecular weight excluding hydrogens is 402 g/mol. The van der Waals surface area contributed by atoms with Gasteiger partial charge < -0.3 is 10.1 Å². The highest BCUT2D eigenvalue weighted by Crippen LogP contribution is 2.21. The molecule has 1 heterocycles. The second-order valence-corrected chi connectivity index (χ2v) is 8.64. The van der Waals surface area contributed by atoms with Gasteiger partial charge in [-0.3, -0.25) is 4.79 Å². The van der Waals surface area contributed by atoms with E-state index in [2.05, 4.69) is 10.1 Å². The summed E-state index contributed by atoms with van der Waals surface area (Å²) in [5, 5.41) is 2.68. The van der Waals surface area contributed by atoms with Crippen LogP contribution in [0.25, 0.3) is 0 Å². The van der Waals surface area contributed by atoms with Crippen LogP contribution in [0.1, 0.15) is 35.2 Å². The number of nitrogens with zero attached hydrogens (tertiary/aromatic N) is 1. The third-order valence-electron chi connectivity index (χ3n) is 4.65. The maximum atomic E-state index is 12.6. The van der Waals surface area contributed by atoms with Crippen molar-refractivity contribution in [3.8, 4) is 5.75 Å². The van der Waals surface area contributed by atoms with Crippen LogP contribution in [0.15, 0.2) is 53.4 Å². The van der Waals surface area contributed by atoms with Crippen LogP contribution in [0, 0.1) is 0 Å². The normalized spacial score (nSPS) is 15.3. The predicted octanol–water partition coefficient (Wildman–Crippen LogP) is 3.39. The Hall–Kier alpha value is -2.52. The number of rotatable bonds is 7. The van der Waals surface area contributed by atoms with E-state index < -0.39 is 22.5 Å². The number of carbonyl (C=O) groups excluding carboxylic acids is 1. The van der Waals surface area contributed by atoms with E-state index in [9.17, 15) is 22.0 Å². The maximum absolute atomic E-state index is 12.6. The van der Waals surface area contributed by atoms with E-state index in [-0.39, 0.29) is 22.8 Å². The molecule has 2 aromatic carbocycles. The van der Waals surface area contributed by atoms with Gasteiger partial charge in [0.1, 0.15) is 5.75 Å². The summed E-state index contributed by atoms with van der Waals surface area (Å²) in [6.07, 6.45) is 2.78. The molecule has 0 radical (unpaired) electrons. The number of carbonyl (C=O) groups is 1. The molecule has 9 heteroatoms. The lowest BCUT2D eigenvalue weighted by Gasteiger charge is -2.25. The SMILES string of the molecule is O=C(NCc1ccc(S(=O)(=O)N2CCCCC2)cc1)c1cccc(OC(F)F)c1. The minimum absolute atomic E-state index is 0.0973. The average molecular weight is 424 g/mol. The zero-order valence-corrected chi connectivity index (χ0v) is 16.5. The van der Waals surface area contributed by atoms with Gasteiger partial charge in [-0.05, 0) is 48.7 Å². The fourth-order valence-electron chi connectivity index (χ4n) is 3.13. The summed E-state index contributed by atoms with van der Waals surface area (Å²) >= 11 is 0. The summed E-state index contributed by atoms with van der Waals surface area (Å²) in [6.45, 7) is -1.72. The molecule has 3 rings (SSSR count). The van der Waals surface area contributed by atoms with Crippen molar-refractivity contribution < 1.29 is 26.7 Å². The standard InChI is InChI=1S/C20H22F2N2O4S/c21-20(22)28-17-6-4-5-16(13-17)19(25)23-14-15-7-9-18(10-8-15)29(26,27)24-11-2-1-3-12-24/h4-10,13,20H,1-3,11-12,14H2,(H,23,25). The van der Waals surface area contributed by atoms with E-state index >= 15 is 0 Å². The highest BCUT2D eigenvalue weighted by atomic mass is 32.2. The number of hydrogen-bond acceptors (Lipinski definition) is 4. The van der Waals surface area contributed by atoms with Gasteiger partial charge in [-0.15, -0.1) is 0 Å². The lowest BCUT2D eigenvalue weighted by atomic mass is 10.2. The van der Waals surface area contributed by atoms with Gasteiger partial charge in [-0.25, -0.2) is 8.42 Å². The molecule has 1 amide bonds. The molecule has 1 aliphatic heterocycles. The van der Waals surface area contributed by atoms with E-state index in [0.29, 0.717) is 13.1 Å².